The fraction of sp³-hybridized carbons (Fsp3) is 0.778. The number of esters is 1. The minimum atomic E-state index is -1.32. The number of rotatable bonds is 12. The van der Waals surface area contributed by atoms with Gasteiger partial charge in [0.1, 0.15) is 6.10 Å². The number of fused-ring (bicyclic) bond motifs is 1. The topological polar surface area (TPSA) is 107 Å². The molecule has 2 rings (SSSR count). The molecule has 0 aromatic carbocycles. The molecule has 188 valence electrons. The van der Waals surface area contributed by atoms with Gasteiger partial charge in [-0.15, -0.1) is 0 Å². The second kappa shape index (κ2) is 14.2. The van der Waals surface area contributed by atoms with Crippen molar-refractivity contribution in [3.8, 4) is 0 Å². The summed E-state index contributed by atoms with van der Waals surface area (Å²) in [6, 6.07) is 0. The molecule has 0 saturated heterocycles. The number of carbonyl (C=O) groups is 2. The normalized spacial score (nSPS) is 28.2. The van der Waals surface area contributed by atoms with Crippen molar-refractivity contribution in [3.05, 3.63) is 23.8 Å². The van der Waals surface area contributed by atoms with Gasteiger partial charge in [-0.1, -0.05) is 52.8 Å². The number of carboxylic acids is 1. The number of aliphatic hydroxyl groups excluding tert-OH is 2. The molecule has 0 bridgehead atoms. The van der Waals surface area contributed by atoms with Gasteiger partial charge >= 0.3 is 35.5 Å². The number of hydrogen-bond acceptors (Lipinski definition) is 6. The van der Waals surface area contributed by atoms with E-state index in [4.69, 9.17) is 4.74 Å². The molecule has 0 aromatic heterocycles. The first-order valence-electron chi connectivity index (χ1n) is 12.7. The number of allylic oxidation sites excluding steroid dienone is 3. The second-order valence-corrected chi connectivity index (χ2v) is 10.3. The molecule has 7 heteroatoms. The van der Waals surface area contributed by atoms with Gasteiger partial charge in [-0.2, -0.15) is 0 Å². The Labute approximate surface area is 227 Å². The molecule has 0 unspecified atom stereocenters. The summed E-state index contributed by atoms with van der Waals surface area (Å²) in [4.78, 5) is 24.0. The molecular formula is C27H43NaO6. The molecule has 2 N–H and O–H groups in total. The smallest absolute Gasteiger partial charge is 0.550 e. The Morgan fingerprint density at radius 3 is 2.32 bits per heavy atom. The predicted molar refractivity (Wildman–Crippen MR) is 126 cm³/mol. The summed E-state index contributed by atoms with van der Waals surface area (Å²) in [5.74, 6) is -0.570. The van der Waals surface area contributed by atoms with Crippen LogP contribution in [-0.4, -0.2) is 40.5 Å². The molecule has 6 nitrogen and oxygen atoms in total. The van der Waals surface area contributed by atoms with Gasteiger partial charge in [-0.25, -0.2) is 0 Å². The van der Waals surface area contributed by atoms with Crippen molar-refractivity contribution < 1.29 is 59.2 Å². The molecule has 2 aliphatic carbocycles. The van der Waals surface area contributed by atoms with Crippen LogP contribution in [0.5, 0.6) is 0 Å². The number of carboxylic acid groups (broad SMARTS) is 1. The van der Waals surface area contributed by atoms with E-state index >= 15 is 0 Å². The fourth-order valence-corrected chi connectivity index (χ4v) is 5.76. The van der Waals surface area contributed by atoms with Crippen LogP contribution >= 0.6 is 0 Å². The van der Waals surface area contributed by atoms with Gasteiger partial charge in [0.15, 0.2) is 0 Å². The SMILES string of the molecule is CCC(CC)(CC)C(=O)O[C@H]1C[C@H](C)C=C2C=C[C@H](C)[C@H](CC[C@@H](O)C[C@@H](O)CC(=O)[O-])[C@H]21.[Na+]. The monoisotopic (exact) mass is 486 g/mol. The summed E-state index contributed by atoms with van der Waals surface area (Å²) < 4.78 is 6.27. The van der Waals surface area contributed by atoms with Gasteiger partial charge in [0, 0.05) is 18.3 Å². The molecule has 0 amide bonds. The standard InChI is InChI=1S/C27H44O6.Na/c1-6-27(7-2,8-3)26(32)33-23-14-17(4)13-19-10-9-18(5)22(25(19)23)12-11-20(28)15-21(29)16-24(30)31;/h9-10,13,17-18,20-23,25,28-29H,6-8,11-12,14-16H2,1-5H3,(H,30,31);/q;+1/p-1/t17-,18+,20-,21-,22+,23+,25+;/m1./s1. The molecular weight excluding hydrogens is 443 g/mol. The van der Waals surface area contributed by atoms with E-state index in [1.54, 1.807) is 0 Å². The second-order valence-electron chi connectivity index (χ2n) is 10.3. The van der Waals surface area contributed by atoms with E-state index in [1.807, 2.05) is 20.8 Å². The first kappa shape index (κ1) is 31.4. The maximum atomic E-state index is 13.3. The quantitative estimate of drug-likeness (QED) is 0.308. The van der Waals surface area contributed by atoms with Crippen molar-refractivity contribution in [2.75, 3.05) is 0 Å². The molecule has 0 spiro atoms. The zero-order valence-corrected chi connectivity index (χ0v) is 24.0. The van der Waals surface area contributed by atoms with Crippen LogP contribution in [0.15, 0.2) is 23.8 Å². The Bertz CT molecular complexity index is 720. The maximum Gasteiger partial charge on any atom is 1.00 e. The van der Waals surface area contributed by atoms with E-state index in [1.165, 1.54) is 5.57 Å². The van der Waals surface area contributed by atoms with E-state index in [9.17, 15) is 24.9 Å². The van der Waals surface area contributed by atoms with Gasteiger partial charge in [0.25, 0.3) is 0 Å². The maximum absolute atomic E-state index is 13.3. The number of ether oxygens (including phenoxy) is 1. The van der Waals surface area contributed by atoms with Gasteiger partial charge in [0.05, 0.1) is 17.6 Å². The molecule has 0 aliphatic heterocycles. The Hall–Kier alpha value is -0.660. The number of aliphatic hydroxyl groups is 2. The first-order chi connectivity index (χ1) is 15.6. The third-order valence-corrected chi connectivity index (χ3v) is 8.10. The van der Waals surface area contributed by atoms with Crippen molar-refractivity contribution in [2.45, 2.75) is 104 Å². The Morgan fingerprint density at radius 1 is 1.15 bits per heavy atom. The van der Waals surface area contributed by atoms with Crippen LogP contribution < -0.4 is 34.7 Å². The summed E-state index contributed by atoms with van der Waals surface area (Å²) in [6.07, 6.45) is 8.29. The van der Waals surface area contributed by atoms with Crippen molar-refractivity contribution in [1.82, 2.24) is 0 Å². The average Bonchev–Trinajstić information content (AvgIpc) is 2.74. The van der Waals surface area contributed by atoms with Crippen LogP contribution in [0.1, 0.15) is 86.0 Å². The minimum Gasteiger partial charge on any atom is -0.550 e. The summed E-state index contributed by atoms with van der Waals surface area (Å²) in [5.41, 5.74) is 0.762. The zero-order valence-electron chi connectivity index (χ0n) is 22.0. The Balaban J connectivity index is 0.00000578. The fourth-order valence-electron chi connectivity index (χ4n) is 5.76. The van der Waals surface area contributed by atoms with Crippen molar-refractivity contribution >= 4 is 11.9 Å². The van der Waals surface area contributed by atoms with E-state index in [0.29, 0.717) is 18.8 Å². The van der Waals surface area contributed by atoms with Crippen LogP contribution in [0.3, 0.4) is 0 Å². The van der Waals surface area contributed by atoms with E-state index in [-0.39, 0.29) is 65.8 Å². The van der Waals surface area contributed by atoms with Crippen LogP contribution in [-0.2, 0) is 14.3 Å². The molecule has 7 atom stereocenters. The van der Waals surface area contributed by atoms with Crippen LogP contribution in [0.25, 0.3) is 0 Å². The Kier molecular flexibility index (Phi) is 13.1. The summed E-state index contributed by atoms with van der Waals surface area (Å²) in [6.45, 7) is 10.5. The van der Waals surface area contributed by atoms with E-state index in [0.717, 1.165) is 25.7 Å². The van der Waals surface area contributed by atoms with Crippen molar-refractivity contribution in [3.63, 3.8) is 0 Å². The average molecular weight is 487 g/mol. The molecule has 0 radical (unpaired) electrons. The number of aliphatic carboxylic acids is 1. The predicted octanol–water partition coefficient (Wildman–Crippen LogP) is 0.555. The van der Waals surface area contributed by atoms with Crippen LogP contribution in [0.4, 0.5) is 0 Å². The molecule has 0 fully saturated rings. The molecule has 0 saturated carbocycles. The molecule has 0 heterocycles. The summed E-state index contributed by atoms with van der Waals surface area (Å²) >= 11 is 0. The van der Waals surface area contributed by atoms with Crippen LogP contribution in [0.2, 0.25) is 0 Å². The summed E-state index contributed by atoms with van der Waals surface area (Å²) in [5, 5.41) is 30.9. The first-order valence-corrected chi connectivity index (χ1v) is 12.7. The molecule has 0 aromatic rings. The molecule has 34 heavy (non-hydrogen) atoms. The van der Waals surface area contributed by atoms with E-state index < -0.39 is 30.0 Å². The zero-order chi connectivity index (χ0) is 24.8. The molecule has 2 aliphatic rings. The number of carbonyl (C=O) groups excluding carboxylic acids is 2. The van der Waals surface area contributed by atoms with Gasteiger partial charge in [0.2, 0.25) is 0 Å². The van der Waals surface area contributed by atoms with Gasteiger partial charge in [-0.05, 0) is 68.3 Å². The van der Waals surface area contributed by atoms with E-state index in [2.05, 4.69) is 32.1 Å². The van der Waals surface area contributed by atoms with Gasteiger partial charge < -0.3 is 24.9 Å². The Morgan fingerprint density at radius 2 is 1.76 bits per heavy atom. The summed E-state index contributed by atoms with van der Waals surface area (Å²) in [7, 11) is 0. The minimum absolute atomic E-state index is 0. The van der Waals surface area contributed by atoms with Gasteiger partial charge in [-0.3, -0.25) is 4.79 Å². The number of hydrogen-bond donors (Lipinski definition) is 2. The largest absolute Gasteiger partial charge is 1.00 e. The van der Waals surface area contributed by atoms with Crippen LogP contribution in [0, 0.1) is 29.1 Å². The third kappa shape index (κ3) is 7.92. The third-order valence-electron chi connectivity index (χ3n) is 8.10. The van der Waals surface area contributed by atoms with Crippen molar-refractivity contribution in [1.29, 1.82) is 0 Å². The van der Waals surface area contributed by atoms with Crippen molar-refractivity contribution in [2.24, 2.45) is 29.1 Å².